The van der Waals surface area contributed by atoms with Gasteiger partial charge in [-0.25, -0.2) is 9.78 Å². The Morgan fingerprint density at radius 1 is 1.30 bits per heavy atom. The molecular formula is C16H15N3O4. The molecule has 0 bridgehead atoms. The molecule has 0 saturated heterocycles. The van der Waals surface area contributed by atoms with E-state index >= 15 is 0 Å². The minimum atomic E-state index is -0.549. The molecule has 0 unspecified atom stereocenters. The second kappa shape index (κ2) is 5.68. The second-order valence-electron chi connectivity index (χ2n) is 5.30. The Morgan fingerprint density at radius 3 is 2.78 bits per heavy atom. The third kappa shape index (κ3) is 2.85. The van der Waals surface area contributed by atoms with Crippen LogP contribution in [0.5, 0.6) is 0 Å². The van der Waals surface area contributed by atoms with Gasteiger partial charge in [-0.05, 0) is 32.4 Å². The number of aryl methyl sites for hydroxylation is 3. The average molecular weight is 313 g/mol. The largest absolute Gasteiger partial charge is 0.455 e. The molecule has 3 rings (SSSR count). The van der Waals surface area contributed by atoms with E-state index in [1.165, 1.54) is 10.5 Å². The van der Waals surface area contributed by atoms with Crippen molar-refractivity contribution in [2.75, 3.05) is 0 Å². The molecule has 0 aliphatic rings. The maximum atomic E-state index is 12.1. The third-order valence-corrected chi connectivity index (χ3v) is 3.45. The molecule has 7 heteroatoms. The van der Waals surface area contributed by atoms with E-state index in [1.807, 2.05) is 13.0 Å². The van der Waals surface area contributed by atoms with Crippen LogP contribution in [0.15, 0.2) is 33.7 Å². The van der Waals surface area contributed by atoms with Gasteiger partial charge in [0.1, 0.15) is 23.6 Å². The van der Waals surface area contributed by atoms with E-state index in [9.17, 15) is 9.59 Å². The molecule has 0 aromatic carbocycles. The average Bonchev–Trinajstić information content (AvgIpc) is 2.85. The number of hydrogen-bond donors (Lipinski definition) is 0. The van der Waals surface area contributed by atoms with Crippen LogP contribution in [0.25, 0.3) is 5.65 Å². The van der Waals surface area contributed by atoms with E-state index in [-0.39, 0.29) is 12.2 Å². The highest BCUT2D eigenvalue weighted by Crippen LogP contribution is 2.14. The van der Waals surface area contributed by atoms with Crippen LogP contribution in [0.3, 0.4) is 0 Å². The van der Waals surface area contributed by atoms with Gasteiger partial charge in [0.25, 0.3) is 5.56 Å². The predicted octanol–water partition coefficient (Wildman–Crippen LogP) is 1.96. The monoisotopic (exact) mass is 313 g/mol. The van der Waals surface area contributed by atoms with E-state index < -0.39 is 5.97 Å². The zero-order valence-electron chi connectivity index (χ0n) is 13.0. The van der Waals surface area contributed by atoms with Crippen LogP contribution in [0, 0.1) is 20.8 Å². The fraction of sp³-hybridized carbons (Fsp3) is 0.250. The molecule has 0 aliphatic heterocycles. The summed E-state index contributed by atoms with van der Waals surface area (Å²) in [6, 6.07) is 4.96. The Morgan fingerprint density at radius 2 is 2.09 bits per heavy atom. The number of hydrogen-bond acceptors (Lipinski definition) is 6. The molecule has 0 fully saturated rings. The van der Waals surface area contributed by atoms with Gasteiger partial charge in [0.15, 0.2) is 0 Å². The van der Waals surface area contributed by atoms with Gasteiger partial charge in [-0.3, -0.25) is 9.20 Å². The topological polar surface area (TPSA) is 86.7 Å². The molecule has 3 aromatic rings. The van der Waals surface area contributed by atoms with Crippen LogP contribution < -0.4 is 5.56 Å². The fourth-order valence-electron chi connectivity index (χ4n) is 2.32. The summed E-state index contributed by atoms with van der Waals surface area (Å²) in [5, 5.41) is 3.71. The van der Waals surface area contributed by atoms with Gasteiger partial charge >= 0.3 is 5.97 Å². The fourth-order valence-corrected chi connectivity index (χ4v) is 2.32. The molecule has 23 heavy (non-hydrogen) atoms. The molecule has 7 nitrogen and oxygen atoms in total. The predicted molar refractivity (Wildman–Crippen MR) is 81.3 cm³/mol. The van der Waals surface area contributed by atoms with Crippen LogP contribution in [0.4, 0.5) is 0 Å². The first-order valence-corrected chi connectivity index (χ1v) is 7.04. The first-order chi connectivity index (χ1) is 11.0. The third-order valence-electron chi connectivity index (χ3n) is 3.45. The summed E-state index contributed by atoms with van der Waals surface area (Å²) in [4.78, 5) is 28.5. The van der Waals surface area contributed by atoms with Gasteiger partial charge in [0.05, 0.1) is 11.4 Å². The first kappa shape index (κ1) is 15.0. The van der Waals surface area contributed by atoms with Crippen LogP contribution in [-0.4, -0.2) is 20.5 Å². The van der Waals surface area contributed by atoms with Gasteiger partial charge in [0, 0.05) is 12.3 Å². The van der Waals surface area contributed by atoms with Gasteiger partial charge < -0.3 is 9.26 Å². The molecular weight excluding hydrogens is 298 g/mol. The quantitative estimate of drug-likeness (QED) is 0.687. The lowest BCUT2D eigenvalue weighted by Gasteiger charge is -2.06. The lowest BCUT2D eigenvalue weighted by Crippen LogP contribution is -2.17. The minimum absolute atomic E-state index is 0.0947. The second-order valence-corrected chi connectivity index (χ2v) is 5.30. The number of carbonyl (C=O) groups excluding carboxylic acids is 1. The van der Waals surface area contributed by atoms with Gasteiger partial charge in [-0.2, -0.15) is 0 Å². The summed E-state index contributed by atoms with van der Waals surface area (Å²) < 4.78 is 11.6. The molecule has 0 atom stereocenters. The maximum absolute atomic E-state index is 12.1. The highest BCUT2D eigenvalue weighted by Gasteiger charge is 2.19. The molecule has 0 N–H and O–H groups in total. The zero-order chi connectivity index (χ0) is 16.6. The van der Waals surface area contributed by atoms with E-state index in [4.69, 9.17) is 9.26 Å². The van der Waals surface area contributed by atoms with E-state index in [0.717, 1.165) is 5.56 Å². The van der Waals surface area contributed by atoms with Crippen molar-refractivity contribution < 1.29 is 14.1 Å². The Hall–Kier alpha value is -2.96. The number of pyridine rings is 1. The molecule has 0 amide bonds. The summed E-state index contributed by atoms with van der Waals surface area (Å²) in [6.45, 7) is 5.10. The summed E-state index contributed by atoms with van der Waals surface area (Å²) in [5.74, 6) is -0.151. The van der Waals surface area contributed by atoms with Crippen molar-refractivity contribution in [3.05, 3.63) is 63.0 Å². The van der Waals surface area contributed by atoms with E-state index in [0.29, 0.717) is 28.4 Å². The minimum Gasteiger partial charge on any atom is -0.455 e. The summed E-state index contributed by atoms with van der Waals surface area (Å²) in [6.07, 6.45) is 1.71. The van der Waals surface area contributed by atoms with Gasteiger partial charge in [-0.1, -0.05) is 11.2 Å². The Labute approximate surface area is 131 Å². The van der Waals surface area contributed by atoms with Crippen molar-refractivity contribution in [2.45, 2.75) is 27.4 Å². The van der Waals surface area contributed by atoms with Crippen LogP contribution in [0.1, 0.15) is 33.1 Å². The lowest BCUT2D eigenvalue weighted by molar-refractivity contribution is 0.0465. The molecule has 3 aromatic heterocycles. The van der Waals surface area contributed by atoms with Crippen LogP contribution in [0.2, 0.25) is 0 Å². The van der Waals surface area contributed by atoms with Crippen molar-refractivity contribution in [3.8, 4) is 0 Å². The zero-order valence-corrected chi connectivity index (χ0v) is 13.0. The number of nitrogens with zero attached hydrogens (tertiary/aromatic N) is 3. The number of ether oxygens (including phenoxy) is 1. The molecule has 0 aliphatic carbocycles. The number of rotatable bonds is 3. The highest BCUT2D eigenvalue weighted by atomic mass is 16.5. The number of fused-ring (bicyclic) bond motifs is 1. The maximum Gasteiger partial charge on any atom is 0.344 e. The molecule has 0 saturated carbocycles. The van der Waals surface area contributed by atoms with Crippen LogP contribution in [-0.2, 0) is 11.3 Å². The normalized spacial score (nSPS) is 10.9. The molecule has 118 valence electrons. The van der Waals surface area contributed by atoms with Gasteiger partial charge in [0.2, 0.25) is 0 Å². The summed E-state index contributed by atoms with van der Waals surface area (Å²) in [7, 11) is 0. The molecule has 0 radical (unpaired) electrons. The highest BCUT2D eigenvalue weighted by molar-refractivity contribution is 5.91. The lowest BCUT2D eigenvalue weighted by atomic mass is 10.2. The van der Waals surface area contributed by atoms with Crippen molar-refractivity contribution in [1.29, 1.82) is 0 Å². The number of esters is 1. The Kier molecular flexibility index (Phi) is 3.69. The standard InChI is InChI=1S/C16H15N3O4/c1-9-4-5-13-17-12(6-14(20)19(13)7-9)8-22-16(21)15-10(2)18-23-11(15)3/h4-7H,8H2,1-3H3. The molecule has 3 heterocycles. The Balaban J connectivity index is 1.84. The van der Waals surface area contributed by atoms with Crippen molar-refractivity contribution in [2.24, 2.45) is 0 Å². The Bertz CT molecular complexity index is 936. The smallest absolute Gasteiger partial charge is 0.344 e. The first-order valence-electron chi connectivity index (χ1n) is 7.04. The van der Waals surface area contributed by atoms with Crippen molar-refractivity contribution in [3.63, 3.8) is 0 Å². The van der Waals surface area contributed by atoms with Gasteiger partial charge in [-0.15, -0.1) is 0 Å². The summed E-state index contributed by atoms with van der Waals surface area (Å²) in [5.41, 5.74) is 2.40. The van der Waals surface area contributed by atoms with E-state index in [2.05, 4.69) is 10.1 Å². The van der Waals surface area contributed by atoms with Crippen molar-refractivity contribution in [1.82, 2.24) is 14.5 Å². The number of carbonyl (C=O) groups is 1. The van der Waals surface area contributed by atoms with Crippen molar-refractivity contribution >= 4 is 11.6 Å². The van der Waals surface area contributed by atoms with Crippen LogP contribution >= 0.6 is 0 Å². The van der Waals surface area contributed by atoms with E-state index in [1.54, 1.807) is 26.1 Å². The molecule has 0 spiro atoms. The SMILES string of the molecule is Cc1ccc2nc(COC(=O)c3c(C)noc3C)cc(=O)n2c1. The summed E-state index contributed by atoms with van der Waals surface area (Å²) >= 11 is 0. The number of aromatic nitrogens is 3.